The highest BCUT2D eigenvalue weighted by atomic mass is 16.4. The van der Waals surface area contributed by atoms with Gasteiger partial charge in [-0.1, -0.05) is 60.7 Å². The zero-order valence-corrected chi connectivity index (χ0v) is 18.2. The molecule has 2 atom stereocenters. The van der Waals surface area contributed by atoms with Gasteiger partial charge < -0.3 is 20.0 Å². The summed E-state index contributed by atoms with van der Waals surface area (Å²) >= 11 is 0. The van der Waals surface area contributed by atoms with Crippen LogP contribution in [0.25, 0.3) is 0 Å². The number of benzene rings is 2. The lowest BCUT2D eigenvalue weighted by Gasteiger charge is -2.44. The van der Waals surface area contributed by atoms with Crippen molar-refractivity contribution in [2.45, 2.75) is 30.9 Å². The first-order valence-electron chi connectivity index (χ1n) is 11.3. The molecule has 4 rings (SSSR count). The lowest BCUT2D eigenvalue weighted by atomic mass is 9.89. The van der Waals surface area contributed by atoms with E-state index in [0.717, 1.165) is 30.5 Å². The van der Waals surface area contributed by atoms with Crippen molar-refractivity contribution < 1.29 is 19.8 Å². The molecule has 2 aliphatic rings. The van der Waals surface area contributed by atoms with Crippen molar-refractivity contribution in [1.29, 1.82) is 0 Å². The number of amides is 2. The molecule has 0 unspecified atom stereocenters. The molecular formula is C25H31N3O4. The average Bonchev–Trinajstić information content (AvgIpc) is 2.80. The van der Waals surface area contributed by atoms with E-state index in [1.807, 2.05) is 65.6 Å². The van der Waals surface area contributed by atoms with Gasteiger partial charge in [0.05, 0.1) is 18.1 Å². The summed E-state index contributed by atoms with van der Waals surface area (Å²) in [5.74, 6) is -0.446. The third-order valence-corrected chi connectivity index (χ3v) is 6.50. The summed E-state index contributed by atoms with van der Waals surface area (Å²) in [5, 5.41) is 19.6. The predicted molar refractivity (Wildman–Crippen MR) is 122 cm³/mol. The number of rotatable bonds is 5. The van der Waals surface area contributed by atoms with Crippen molar-refractivity contribution in [1.82, 2.24) is 14.7 Å². The number of hydrogen-bond donors (Lipinski definition) is 2. The smallest absolute Gasteiger partial charge is 0.407 e. The molecule has 7 heteroatoms. The largest absolute Gasteiger partial charge is 0.465 e. The Labute approximate surface area is 188 Å². The molecule has 2 fully saturated rings. The van der Waals surface area contributed by atoms with E-state index in [0.29, 0.717) is 26.2 Å². The summed E-state index contributed by atoms with van der Waals surface area (Å²) in [7, 11) is 0. The van der Waals surface area contributed by atoms with Crippen LogP contribution in [-0.2, 0) is 4.79 Å². The number of hydrogen-bond acceptors (Lipinski definition) is 4. The average molecular weight is 438 g/mol. The van der Waals surface area contributed by atoms with Crippen LogP contribution in [0.4, 0.5) is 4.79 Å². The minimum absolute atomic E-state index is 0.00463. The third-order valence-electron chi connectivity index (χ3n) is 6.50. The van der Waals surface area contributed by atoms with Gasteiger partial charge in [0.1, 0.15) is 0 Å². The number of β-amino-alcohol motifs (C(OH)–C–C–N with tert-alkyl or cyclic N) is 1. The van der Waals surface area contributed by atoms with Crippen LogP contribution >= 0.6 is 0 Å². The maximum atomic E-state index is 14.0. The second-order valence-corrected chi connectivity index (χ2v) is 8.72. The zero-order valence-electron chi connectivity index (χ0n) is 18.2. The maximum absolute atomic E-state index is 14.0. The quantitative estimate of drug-likeness (QED) is 0.751. The van der Waals surface area contributed by atoms with Crippen LogP contribution in [0.5, 0.6) is 0 Å². The Morgan fingerprint density at radius 1 is 0.906 bits per heavy atom. The minimum Gasteiger partial charge on any atom is -0.465 e. The third kappa shape index (κ3) is 5.11. The number of nitrogens with zero attached hydrogens (tertiary/aromatic N) is 3. The van der Waals surface area contributed by atoms with Crippen LogP contribution in [0.1, 0.15) is 29.9 Å². The molecule has 0 aliphatic carbocycles. The van der Waals surface area contributed by atoms with Crippen LogP contribution in [-0.4, -0.2) is 88.3 Å². The molecule has 0 radical (unpaired) electrons. The molecule has 2 heterocycles. The van der Waals surface area contributed by atoms with Crippen molar-refractivity contribution in [2.24, 2.45) is 0 Å². The first kappa shape index (κ1) is 22.3. The number of aliphatic hydroxyl groups is 1. The number of carbonyl (C=O) groups is 2. The first-order chi connectivity index (χ1) is 15.5. The van der Waals surface area contributed by atoms with E-state index in [9.17, 15) is 19.8 Å². The monoisotopic (exact) mass is 437 g/mol. The van der Waals surface area contributed by atoms with Gasteiger partial charge in [-0.25, -0.2) is 4.79 Å². The molecule has 170 valence electrons. The van der Waals surface area contributed by atoms with Crippen LogP contribution in [0, 0.1) is 0 Å². The molecule has 7 nitrogen and oxygen atoms in total. The summed E-state index contributed by atoms with van der Waals surface area (Å²) in [4.78, 5) is 31.1. The maximum Gasteiger partial charge on any atom is 0.407 e. The van der Waals surface area contributed by atoms with Gasteiger partial charge >= 0.3 is 6.09 Å². The van der Waals surface area contributed by atoms with Crippen LogP contribution in [0.3, 0.4) is 0 Å². The number of carbonyl (C=O) groups excluding carboxylic acids is 1. The predicted octanol–water partition coefficient (Wildman–Crippen LogP) is 2.47. The fraction of sp³-hybridized carbons (Fsp3) is 0.440. The summed E-state index contributed by atoms with van der Waals surface area (Å²) in [6.07, 6.45) is 0.368. The molecule has 32 heavy (non-hydrogen) atoms. The van der Waals surface area contributed by atoms with E-state index in [1.54, 1.807) is 0 Å². The lowest BCUT2D eigenvalue weighted by Crippen LogP contribution is -2.61. The van der Waals surface area contributed by atoms with Gasteiger partial charge in [0, 0.05) is 32.7 Å². The molecule has 2 aromatic carbocycles. The molecule has 0 bridgehead atoms. The molecule has 0 spiro atoms. The summed E-state index contributed by atoms with van der Waals surface area (Å²) in [5.41, 5.74) is 1.85. The molecule has 2 amide bonds. The van der Waals surface area contributed by atoms with Gasteiger partial charge in [0.2, 0.25) is 5.91 Å². The highest BCUT2D eigenvalue weighted by Crippen LogP contribution is 2.29. The Hall–Kier alpha value is -2.90. The molecule has 2 aromatic rings. The Bertz CT molecular complexity index is 868. The van der Waals surface area contributed by atoms with E-state index < -0.39 is 12.0 Å². The summed E-state index contributed by atoms with van der Waals surface area (Å²) in [6.45, 7) is 2.92. The van der Waals surface area contributed by atoms with E-state index in [4.69, 9.17) is 0 Å². The Kier molecular flexibility index (Phi) is 7.07. The van der Waals surface area contributed by atoms with Gasteiger partial charge in [0.25, 0.3) is 0 Å². The van der Waals surface area contributed by atoms with Crippen molar-refractivity contribution in [3.05, 3.63) is 71.8 Å². The first-order valence-corrected chi connectivity index (χ1v) is 11.3. The van der Waals surface area contributed by atoms with Crippen molar-refractivity contribution in [2.75, 3.05) is 39.3 Å². The fourth-order valence-electron chi connectivity index (χ4n) is 4.90. The van der Waals surface area contributed by atoms with E-state index in [-0.39, 0.29) is 24.6 Å². The Morgan fingerprint density at radius 2 is 1.53 bits per heavy atom. The van der Waals surface area contributed by atoms with Crippen molar-refractivity contribution in [3.8, 4) is 0 Å². The van der Waals surface area contributed by atoms with Crippen molar-refractivity contribution in [3.63, 3.8) is 0 Å². The Morgan fingerprint density at radius 3 is 2.09 bits per heavy atom. The highest BCUT2D eigenvalue weighted by molar-refractivity contribution is 5.87. The van der Waals surface area contributed by atoms with E-state index in [1.165, 1.54) is 4.90 Å². The number of carboxylic acid groups (broad SMARTS) is 1. The van der Waals surface area contributed by atoms with Crippen LogP contribution < -0.4 is 0 Å². The standard InChI is InChI=1S/C25H31N3O4/c29-22-12-7-13-26(18-22)16-21-17-27(25(31)32)14-15-28(21)24(30)23(19-8-3-1-4-9-19)20-10-5-2-6-11-20/h1-6,8-11,21-23,29H,7,12-18H2,(H,31,32)/t21-,22+/m1/s1. The molecule has 2 saturated heterocycles. The van der Waals surface area contributed by atoms with Gasteiger partial charge in [0.15, 0.2) is 0 Å². The summed E-state index contributed by atoms with van der Waals surface area (Å²) in [6, 6.07) is 19.3. The summed E-state index contributed by atoms with van der Waals surface area (Å²) < 4.78 is 0. The molecule has 0 aromatic heterocycles. The number of piperidine rings is 1. The number of likely N-dealkylation sites (tertiary alicyclic amines) is 1. The normalized spacial score (nSPS) is 22.2. The SMILES string of the molecule is O=C(O)N1CCN(C(=O)C(c2ccccc2)c2ccccc2)[C@H](CN2CCC[C@H](O)C2)C1. The van der Waals surface area contributed by atoms with Gasteiger partial charge in [-0.3, -0.25) is 9.69 Å². The van der Waals surface area contributed by atoms with E-state index >= 15 is 0 Å². The van der Waals surface area contributed by atoms with Gasteiger partial charge in [-0.2, -0.15) is 0 Å². The van der Waals surface area contributed by atoms with Gasteiger partial charge in [-0.15, -0.1) is 0 Å². The Balaban J connectivity index is 1.62. The highest BCUT2D eigenvalue weighted by Gasteiger charge is 2.37. The second-order valence-electron chi connectivity index (χ2n) is 8.72. The topological polar surface area (TPSA) is 84.3 Å². The molecule has 2 N–H and O–H groups in total. The van der Waals surface area contributed by atoms with E-state index in [2.05, 4.69) is 4.90 Å². The number of aliphatic hydroxyl groups excluding tert-OH is 1. The van der Waals surface area contributed by atoms with Crippen LogP contribution in [0.15, 0.2) is 60.7 Å². The van der Waals surface area contributed by atoms with Crippen LogP contribution in [0.2, 0.25) is 0 Å². The fourth-order valence-corrected chi connectivity index (χ4v) is 4.90. The second kappa shape index (κ2) is 10.1. The number of piperazine rings is 1. The lowest BCUT2D eigenvalue weighted by molar-refractivity contribution is -0.137. The van der Waals surface area contributed by atoms with Gasteiger partial charge in [-0.05, 0) is 30.5 Å². The molecule has 0 saturated carbocycles. The molecular weight excluding hydrogens is 406 g/mol. The molecule has 2 aliphatic heterocycles. The zero-order chi connectivity index (χ0) is 22.5. The minimum atomic E-state index is -0.955. The van der Waals surface area contributed by atoms with Crippen molar-refractivity contribution >= 4 is 12.0 Å².